The van der Waals surface area contributed by atoms with Crippen LogP contribution in [0.5, 0.6) is 5.75 Å². The van der Waals surface area contributed by atoms with Gasteiger partial charge in [-0.15, -0.1) is 0 Å². The van der Waals surface area contributed by atoms with Gasteiger partial charge in [0.05, 0.1) is 0 Å². The molecule has 2 atom stereocenters. The van der Waals surface area contributed by atoms with Crippen molar-refractivity contribution >= 4 is 0 Å². The summed E-state index contributed by atoms with van der Waals surface area (Å²) < 4.78 is 32.8. The fraction of sp³-hybridized carbons (Fsp3) is 0.625. The molecule has 0 amide bonds. The Balaban J connectivity index is 1.78. The summed E-state index contributed by atoms with van der Waals surface area (Å²) in [5.74, 6) is -0.886. The van der Waals surface area contributed by atoms with E-state index in [2.05, 4.69) is 5.32 Å². The average Bonchev–Trinajstić information content (AvgIpc) is 2.47. The summed E-state index contributed by atoms with van der Waals surface area (Å²) in [7, 11) is 1.97. The number of benzene rings is 1. The summed E-state index contributed by atoms with van der Waals surface area (Å²) in [6.07, 6.45) is 6.75. The van der Waals surface area contributed by atoms with Crippen molar-refractivity contribution in [3.63, 3.8) is 0 Å². The van der Waals surface area contributed by atoms with Crippen LogP contribution in [-0.2, 0) is 0 Å². The zero-order chi connectivity index (χ0) is 14.2. The molecule has 2 aliphatic carbocycles. The van der Waals surface area contributed by atoms with Crippen LogP contribution in [0.4, 0.5) is 8.78 Å². The fourth-order valence-corrected chi connectivity index (χ4v) is 3.92. The van der Waals surface area contributed by atoms with Crippen molar-refractivity contribution in [3.8, 4) is 5.75 Å². The summed E-state index contributed by atoms with van der Waals surface area (Å²) >= 11 is 0. The van der Waals surface area contributed by atoms with Gasteiger partial charge in [0.1, 0.15) is 11.9 Å². The Morgan fingerprint density at radius 2 is 1.95 bits per heavy atom. The second-order valence-electron chi connectivity index (χ2n) is 6.05. The lowest BCUT2D eigenvalue weighted by molar-refractivity contribution is -0.102. The Hall–Kier alpha value is -1.16. The van der Waals surface area contributed by atoms with Crippen LogP contribution in [0, 0.1) is 17.0 Å². The Labute approximate surface area is 118 Å². The third kappa shape index (κ3) is 2.20. The van der Waals surface area contributed by atoms with E-state index in [4.69, 9.17) is 4.74 Å². The molecule has 110 valence electrons. The molecule has 1 aromatic carbocycles. The molecule has 2 fully saturated rings. The van der Waals surface area contributed by atoms with Gasteiger partial charge in [-0.1, -0.05) is 19.3 Å². The molecule has 1 aromatic rings. The first-order valence-corrected chi connectivity index (χ1v) is 7.45. The third-order valence-corrected chi connectivity index (χ3v) is 5.08. The van der Waals surface area contributed by atoms with Gasteiger partial charge < -0.3 is 10.1 Å². The first-order chi connectivity index (χ1) is 9.65. The van der Waals surface area contributed by atoms with E-state index in [0.717, 1.165) is 37.5 Å². The lowest BCUT2D eigenvalue weighted by Crippen LogP contribution is -2.64. The van der Waals surface area contributed by atoms with Crippen molar-refractivity contribution in [3.05, 3.63) is 29.8 Å². The van der Waals surface area contributed by atoms with Gasteiger partial charge in [-0.25, -0.2) is 8.78 Å². The second kappa shape index (κ2) is 5.32. The van der Waals surface area contributed by atoms with Gasteiger partial charge in [-0.2, -0.15) is 0 Å². The molecule has 1 N–H and O–H groups in total. The highest BCUT2D eigenvalue weighted by Gasteiger charge is 2.56. The van der Waals surface area contributed by atoms with E-state index in [1.54, 1.807) is 0 Å². The number of hydrogen-bond donors (Lipinski definition) is 1. The van der Waals surface area contributed by atoms with Gasteiger partial charge in [-0.3, -0.25) is 0 Å². The molecule has 0 aliphatic heterocycles. The summed E-state index contributed by atoms with van der Waals surface area (Å²) in [6.45, 7) is 0. The van der Waals surface area contributed by atoms with E-state index in [-0.39, 0.29) is 17.3 Å². The van der Waals surface area contributed by atoms with Crippen molar-refractivity contribution in [1.29, 1.82) is 0 Å². The van der Waals surface area contributed by atoms with Crippen molar-refractivity contribution in [2.45, 2.75) is 50.7 Å². The lowest BCUT2D eigenvalue weighted by atomic mass is 9.55. The molecular formula is C16H21F2NO. The Morgan fingerprint density at radius 3 is 2.65 bits per heavy atom. The van der Waals surface area contributed by atoms with Crippen molar-refractivity contribution in [2.24, 2.45) is 5.41 Å². The van der Waals surface area contributed by atoms with Gasteiger partial charge in [-0.05, 0) is 32.0 Å². The first-order valence-electron chi connectivity index (χ1n) is 7.45. The molecule has 0 heterocycles. The van der Waals surface area contributed by atoms with Crippen LogP contribution in [0.25, 0.3) is 0 Å². The van der Waals surface area contributed by atoms with Crippen LogP contribution in [0.1, 0.15) is 38.5 Å². The zero-order valence-electron chi connectivity index (χ0n) is 11.8. The van der Waals surface area contributed by atoms with Gasteiger partial charge in [0.15, 0.2) is 11.6 Å². The van der Waals surface area contributed by atoms with E-state index in [1.807, 2.05) is 7.05 Å². The molecule has 0 bridgehead atoms. The van der Waals surface area contributed by atoms with Crippen LogP contribution in [0.2, 0.25) is 0 Å². The molecule has 4 heteroatoms. The summed E-state index contributed by atoms with van der Waals surface area (Å²) in [6, 6.07) is 3.84. The number of nitrogens with one attached hydrogen (secondary N) is 1. The monoisotopic (exact) mass is 281 g/mol. The smallest absolute Gasteiger partial charge is 0.165 e. The average molecular weight is 281 g/mol. The Kier molecular flexibility index (Phi) is 3.67. The number of ether oxygens (including phenoxy) is 1. The van der Waals surface area contributed by atoms with Crippen LogP contribution >= 0.6 is 0 Å². The van der Waals surface area contributed by atoms with Crippen LogP contribution in [-0.4, -0.2) is 19.2 Å². The van der Waals surface area contributed by atoms with E-state index in [0.29, 0.717) is 6.04 Å². The molecule has 0 radical (unpaired) electrons. The Bertz CT molecular complexity index is 485. The van der Waals surface area contributed by atoms with Crippen molar-refractivity contribution in [1.82, 2.24) is 5.32 Å². The maximum absolute atomic E-state index is 13.7. The quantitative estimate of drug-likeness (QED) is 0.913. The predicted molar refractivity (Wildman–Crippen MR) is 73.8 cm³/mol. The molecule has 2 nitrogen and oxygen atoms in total. The molecule has 1 spiro atoms. The highest BCUT2D eigenvalue weighted by molar-refractivity contribution is 5.26. The van der Waals surface area contributed by atoms with Gasteiger partial charge in [0.25, 0.3) is 0 Å². The normalized spacial score (nSPS) is 28.1. The molecule has 2 aliphatic rings. The summed E-state index contributed by atoms with van der Waals surface area (Å²) in [5, 5.41) is 3.36. The molecule has 2 saturated carbocycles. The highest BCUT2D eigenvalue weighted by Crippen LogP contribution is 2.53. The Morgan fingerprint density at radius 1 is 1.20 bits per heavy atom. The van der Waals surface area contributed by atoms with Gasteiger partial charge in [0, 0.05) is 23.9 Å². The summed E-state index contributed by atoms with van der Waals surface area (Å²) in [5.41, 5.74) is 0.103. The van der Waals surface area contributed by atoms with E-state index in [9.17, 15) is 8.78 Å². The minimum Gasteiger partial charge on any atom is -0.487 e. The van der Waals surface area contributed by atoms with Crippen molar-refractivity contribution < 1.29 is 13.5 Å². The van der Waals surface area contributed by atoms with E-state index < -0.39 is 11.6 Å². The fourth-order valence-electron chi connectivity index (χ4n) is 3.92. The molecular weight excluding hydrogens is 260 g/mol. The van der Waals surface area contributed by atoms with Gasteiger partial charge >= 0.3 is 0 Å². The van der Waals surface area contributed by atoms with Crippen LogP contribution in [0.3, 0.4) is 0 Å². The zero-order valence-corrected chi connectivity index (χ0v) is 11.8. The highest BCUT2D eigenvalue weighted by atomic mass is 19.1. The summed E-state index contributed by atoms with van der Waals surface area (Å²) in [4.78, 5) is 0. The SMILES string of the molecule is CNC1CC(Oc2cc(F)ccc2F)C12CCCCC2. The second-order valence-corrected chi connectivity index (χ2v) is 6.05. The number of hydrogen-bond acceptors (Lipinski definition) is 2. The largest absolute Gasteiger partial charge is 0.487 e. The van der Waals surface area contributed by atoms with Crippen molar-refractivity contribution in [2.75, 3.05) is 7.05 Å². The van der Waals surface area contributed by atoms with Gasteiger partial charge in [0.2, 0.25) is 0 Å². The predicted octanol–water partition coefficient (Wildman–Crippen LogP) is 3.65. The number of rotatable bonds is 3. The molecule has 0 aromatic heterocycles. The lowest BCUT2D eigenvalue weighted by Gasteiger charge is -2.57. The molecule has 2 unspecified atom stereocenters. The third-order valence-electron chi connectivity index (χ3n) is 5.08. The molecule has 3 rings (SSSR count). The minimum atomic E-state index is -0.481. The first kappa shape index (κ1) is 13.8. The van der Waals surface area contributed by atoms with Crippen LogP contribution in [0.15, 0.2) is 18.2 Å². The maximum atomic E-state index is 13.7. The van der Waals surface area contributed by atoms with E-state index >= 15 is 0 Å². The minimum absolute atomic E-state index is 0.00319. The maximum Gasteiger partial charge on any atom is 0.165 e. The topological polar surface area (TPSA) is 21.3 Å². The van der Waals surface area contributed by atoms with Crippen LogP contribution < -0.4 is 10.1 Å². The number of halogens is 2. The molecule has 0 saturated heterocycles. The molecule has 20 heavy (non-hydrogen) atoms. The van der Waals surface area contributed by atoms with E-state index in [1.165, 1.54) is 19.3 Å². The standard InChI is InChI=1S/C16H21F2NO/c1-19-14-10-15(16(14)7-3-2-4-8-16)20-13-9-11(17)5-6-12(13)18/h5-6,9,14-15,19H,2-4,7-8,10H2,1H3.